The molecule has 92 valence electrons. The molecule has 17 heavy (non-hydrogen) atoms. The van der Waals surface area contributed by atoms with E-state index in [1.165, 1.54) is 5.56 Å². The molecule has 2 heterocycles. The maximum absolute atomic E-state index is 10.8. The fourth-order valence-electron chi connectivity index (χ4n) is 2.82. The molecule has 2 aliphatic heterocycles. The normalized spacial score (nSPS) is 32.0. The van der Waals surface area contributed by atoms with Gasteiger partial charge in [0.25, 0.3) is 0 Å². The van der Waals surface area contributed by atoms with Gasteiger partial charge in [0.05, 0.1) is 19.3 Å². The van der Waals surface area contributed by atoms with E-state index in [9.17, 15) is 5.11 Å². The highest BCUT2D eigenvalue weighted by Crippen LogP contribution is 2.42. The molecular weight excluding hydrogens is 216 g/mol. The third-order valence-corrected chi connectivity index (χ3v) is 3.92. The molecule has 2 aliphatic rings. The summed E-state index contributed by atoms with van der Waals surface area (Å²) < 4.78 is 11.3. The Kier molecular flexibility index (Phi) is 2.60. The Morgan fingerprint density at radius 1 is 1.35 bits per heavy atom. The van der Waals surface area contributed by atoms with E-state index in [0.29, 0.717) is 13.0 Å². The zero-order valence-corrected chi connectivity index (χ0v) is 10.1. The lowest BCUT2D eigenvalue weighted by molar-refractivity contribution is -0.0336. The molecule has 1 fully saturated rings. The van der Waals surface area contributed by atoms with Crippen molar-refractivity contribution in [2.45, 2.75) is 37.9 Å². The Morgan fingerprint density at radius 2 is 2.24 bits per heavy atom. The first-order valence-electron chi connectivity index (χ1n) is 6.31. The van der Waals surface area contributed by atoms with Gasteiger partial charge in [-0.3, -0.25) is 0 Å². The second-order valence-electron chi connectivity index (χ2n) is 4.93. The molecule has 1 aromatic rings. The Labute approximate surface area is 101 Å². The van der Waals surface area contributed by atoms with Gasteiger partial charge in [-0.05, 0) is 25.3 Å². The summed E-state index contributed by atoms with van der Waals surface area (Å²) in [5, 5.41) is 10.8. The predicted octanol–water partition coefficient (Wildman–Crippen LogP) is 2.01. The average Bonchev–Trinajstić information content (AvgIpc) is 2.70. The maximum atomic E-state index is 10.8. The first-order valence-corrected chi connectivity index (χ1v) is 6.31. The molecule has 0 aromatic heterocycles. The summed E-state index contributed by atoms with van der Waals surface area (Å²) in [6.07, 6.45) is 2.57. The number of hydrogen-bond acceptors (Lipinski definition) is 3. The summed E-state index contributed by atoms with van der Waals surface area (Å²) in [7, 11) is 0. The van der Waals surface area contributed by atoms with Crippen molar-refractivity contribution in [2.24, 2.45) is 0 Å². The minimum absolute atomic E-state index is 0.167. The fraction of sp³-hybridized carbons (Fsp3) is 0.571. The van der Waals surface area contributed by atoms with Crippen molar-refractivity contribution in [1.82, 2.24) is 0 Å². The Hall–Kier alpha value is -1.06. The quantitative estimate of drug-likeness (QED) is 0.807. The molecule has 0 spiro atoms. The predicted molar refractivity (Wildman–Crippen MR) is 64.2 cm³/mol. The van der Waals surface area contributed by atoms with Crippen LogP contribution in [0.3, 0.4) is 0 Å². The smallest absolute Gasteiger partial charge is 0.128 e. The molecule has 2 atom stereocenters. The van der Waals surface area contributed by atoms with E-state index in [2.05, 4.69) is 6.07 Å². The lowest BCUT2D eigenvalue weighted by atomic mass is 9.85. The highest BCUT2D eigenvalue weighted by molar-refractivity contribution is 5.46. The lowest BCUT2D eigenvalue weighted by Gasteiger charge is -2.31. The Balaban J connectivity index is 2.08. The summed E-state index contributed by atoms with van der Waals surface area (Å²) in [6.45, 7) is 3.28. The van der Waals surface area contributed by atoms with E-state index in [-0.39, 0.29) is 6.10 Å². The van der Waals surface area contributed by atoms with E-state index in [1.807, 2.05) is 19.1 Å². The summed E-state index contributed by atoms with van der Waals surface area (Å²) in [5.74, 6) is 0.888. The summed E-state index contributed by atoms with van der Waals surface area (Å²) in [5.41, 5.74) is 1.23. The molecule has 3 heteroatoms. The summed E-state index contributed by atoms with van der Waals surface area (Å²) >= 11 is 0. The van der Waals surface area contributed by atoms with Gasteiger partial charge < -0.3 is 14.6 Å². The maximum Gasteiger partial charge on any atom is 0.128 e. The van der Waals surface area contributed by atoms with Crippen molar-refractivity contribution in [1.29, 1.82) is 0 Å². The first kappa shape index (κ1) is 11.1. The monoisotopic (exact) mass is 234 g/mol. The van der Waals surface area contributed by atoms with Crippen LogP contribution in [0.4, 0.5) is 0 Å². The van der Waals surface area contributed by atoms with Gasteiger partial charge in [0, 0.05) is 12.0 Å². The van der Waals surface area contributed by atoms with Crippen LogP contribution >= 0.6 is 0 Å². The van der Waals surface area contributed by atoms with Crippen LogP contribution in [0, 0.1) is 0 Å². The third-order valence-electron chi connectivity index (χ3n) is 3.92. The number of ether oxygens (including phenoxy) is 2. The van der Waals surface area contributed by atoms with Crippen LogP contribution in [0.25, 0.3) is 0 Å². The molecule has 1 N–H and O–H groups in total. The summed E-state index contributed by atoms with van der Waals surface area (Å²) in [4.78, 5) is 0. The Bertz CT molecular complexity index is 429. The molecule has 1 aromatic carbocycles. The zero-order valence-electron chi connectivity index (χ0n) is 10.1. The number of fused-ring (bicyclic) bond motifs is 1. The minimum atomic E-state index is -0.886. The molecule has 0 aliphatic carbocycles. The van der Waals surface area contributed by atoms with Crippen molar-refractivity contribution >= 4 is 0 Å². The largest absolute Gasteiger partial charge is 0.493 e. The van der Waals surface area contributed by atoms with E-state index >= 15 is 0 Å². The van der Waals surface area contributed by atoms with Crippen LogP contribution in [-0.4, -0.2) is 24.4 Å². The van der Waals surface area contributed by atoms with Crippen LogP contribution in [0.15, 0.2) is 18.2 Å². The number of hydrogen-bond donors (Lipinski definition) is 1. The molecule has 0 radical (unpaired) electrons. The van der Waals surface area contributed by atoms with Gasteiger partial charge in [0.15, 0.2) is 0 Å². The fourth-order valence-corrected chi connectivity index (χ4v) is 2.82. The molecular formula is C14H18O3. The van der Waals surface area contributed by atoms with Crippen LogP contribution in [0.2, 0.25) is 0 Å². The van der Waals surface area contributed by atoms with Crippen LogP contribution in [0.5, 0.6) is 5.75 Å². The van der Waals surface area contributed by atoms with Gasteiger partial charge in [-0.1, -0.05) is 18.2 Å². The second-order valence-corrected chi connectivity index (χ2v) is 4.93. The van der Waals surface area contributed by atoms with Gasteiger partial charge in [-0.15, -0.1) is 0 Å². The molecule has 3 nitrogen and oxygen atoms in total. The van der Waals surface area contributed by atoms with Crippen molar-refractivity contribution in [2.75, 3.05) is 13.2 Å². The minimum Gasteiger partial charge on any atom is -0.493 e. The van der Waals surface area contributed by atoms with E-state index < -0.39 is 5.60 Å². The number of aliphatic hydroxyl groups is 1. The van der Waals surface area contributed by atoms with Crippen molar-refractivity contribution < 1.29 is 14.6 Å². The van der Waals surface area contributed by atoms with E-state index in [4.69, 9.17) is 9.47 Å². The number of benzene rings is 1. The molecule has 0 bridgehead atoms. The molecule has 3 rings (SSSR count). The Morgan fingerprint density at radius 3 is 3.00 bits per heavy atom. The second kappa shape index (κ2) is 4.00. The molecule has 0 saturated carbocycles. The average molecular weight is 234 g/mol. The molecule has 1 saturated heterocycles. The van der Waals surface area contributed by atoms with Gasteiger partial charge in [-0.25, -0.2) is 0 Å². The first-order chi connectivity index (χ1) is 8.22. The molecule has 2 unspecified atom stereocenters. The van der Waals surface area contributed by atoms with Crippen molar-refractivity contribution in [3.8, 4) is 5.75 Å². The lowest BCUT2D eigenvalue weighted by Crippen LogP contribution is -2.34. The van der Waals surface area contributed by atoms with E-state index in [0.717, 1.165) is 30.8 Å². The number of aryl methyl sites for hydroxylation is 1. The SMILES string of the molecule is CC1OCCC1(O)c1cccc2c1OCCC2. The van der Waals surface area contributed by atoms with Crippen LogP contribution in [-0.2, 0) is 16.8 Å². The van der Waals surface area contributed by atoms with Gasteiger partial charge in [0.2, 0.25) is 0 Å². The molecule has 0 amide bonds. The number of rotatable bonds is 1. The van der Waals surface area contributed by atoms with Crippen molar-refractivity contribution in [3.05, 3.63) is 29.3 Å². The highest BCUT2D eigenvalue weighted by Gasteiger charge is 2.43. The van der Waals surface area contributed by atoms with Gasteiger partial charge in [0.1, 0.15) is 11.4 Å². The van der Waals surface area contributed by atoms with Gasteiger partial charge >= 0.3 is 0 Å². The van der Waals surface area contributed by atoms with E-state index in [1.54, 1.807) is 0 Å². The highest BCUT2D eigenvalue weighted by atomic mass is 16.5. The standard InChI is InChI=1S/C14H18O3/c1-10-14(15,7-9-16-10)12-6-2-4-11-5-3-8-17-13(11)12/h2,4,6,10,15H,3,5,7-9H2,1H3. The van der Waals surface area contributed by atoms with Crippen LogP contribution < -0.4 is 4.74 Å². The zero-order chi connectivity index (χ0) is 11.9. The topological polar surface area (TPSA) is 38.7 Å². The number of para-hydroxylation sites is 1. The summed E-state index contributed by atoms with van der Waals surface area (Å²) in [6, 6.07) is 6.06. The third kappa shape index (κ3) is 1.65. The van der Waals surface area contributed by atoms with Crippen molar-refractivity contribution in [3.63, 3.8) is 0 Å². The van der Waals surface area contributed by atoms with Gasteiger partial charge in [-0.2, -0.15) is 0 Å². The van der Waals surface area contributed by atoms with Crippen LogP contribution in [0.1, 0.15) is 30.9 Å².